The number of rotatable bonds is 6. The Bertz CT molecular complexity index is 1470. The molecule has 1 amide bonds. The summed E-state index contributed by atoms with van der Waals surface area (Å²) in [6.45, 7) is 2.53. The van der Waals surface area contributed by atoms with Crippen molar-refractivity contribution < 1.29 is 32.2 Å². The third-order valence-corrected chi connectivity index (χ3v) is 6.25. The lowest BCUT2D eigenvalue weighted by molar-refractivity contribution is -0.185. The summed E-state index contributed by atoms with van der Waals surface area (Å²) in [5, 5.41) is 21.3. The van der Waals surface area contributed by atoms with Gasteiger partial charge in [-0.1, -0.05) is 12.1 Å². The molecule has 2 atom stereocenters. The normalized spacial score (nSPS) is 16.8. The van der Waals surface area contributed by atoms with Crippen molar-refractivity contribution in [1.29, 1.82) is 0 Å². The Balaban J connectivity index is 1.61. The fourth-order valence-electron chi connectivity index (χ4n) is 4.62. The molecule has 5 rings (SSSR count). The first-order valence-electron chi connectivity index (χ1n) is 11.5. The third-order valence-electron chi connectivity index (χ3n) is 6.25. The van der Waals surface area contributed by atoms with E-state index in [9.17, 15) is 27.5 Å². The second-order valence-corrected chi connectivity index (χ2v) is 8.60. The molecule has 1 aliphatic rings. The highest BCUT2D eigenvalue weighted by Gasteiger charge is 2.49. The van der Waals surface area contributed by atoms with E-state index in [0.29, 0.717) is 22.3 Å². The first-order chi connectivity index (χ1) is 17.7. The third kappa shape index (κ3) is 4.61. The maximum absolute atomic E-state index is 14.3. The Morgan fingerprint density at radius 1 is 1.27 bits per heavy atom. The van der Waals surface area contributed by atoms with Gasteiger partial charge in [-0.25, -0.2) is 14.2 Å². The monoisotopic (exact) mass is 518 g/mol. The first-order valence-corrected chi connectivity index (χ1v) is 11.5. The number of fused-ring (bicyclic) bond motifs is 2. The molecule has 0 bridgehead atoms. The smallest absolute Gasteiger partial charge is 0.413 e. The summed E-state index contributed by atoms with van der Waals surface area (Å²) in [5.41, 5.74) is 0.649. The van der Waals surface area contributed by atoms with Gasteiger partial charge in [0.05, 0.1) is 12.1 Å². The predicted octanol–water partition coefficient (Wildman–Crippen LogP) is 4.43. The zero-order valence-corrected chi connectivity index (χ0v) is 19.5. The van der Waals surface area contributed by atoms with Crippen LogP contribution in [0.1, 0.15) is 24.9 Å². The van der Waals surface area contributed by atoms with Crippen LogP contribution in [0.15, 0.2) is 42.6 Å². The number of alkyl halides is 3. The molecule has 194 valence electrons. The van der Waals surface area contributed by atoms with Crippen molar-refractivity contribution in [1.82, 2.24) is 29.8 Å². The number of pyridine rings is 2. The van der Waals surface area contributed by atoms with Crippen LogP contribution in [0.5, 0.6) is 5.75 Å². The number of halogens is 4. The van der Waals surface area contributed by atoms with Gasteiger partial charge in [0.15, 0.2) is 29.1 Å². The zero-order valence-electron chi connectivity index (χ0n) is 19.5. The number of nitrogens with one attached hydrogen (secondary N) is 1. The molecule has 9 nitrogen and oxygen atoms in total. The number of hydrogen-bond donors (Lipinski definition) is 2. The summed E-state index contributed by atoms with van der Waals surface area (Å²) in [4.78, 5) is 17.0. The van der Waals surface area contributed by atoms with Crippen LogP contribution in [0.2, 0.25) is 0 Å². The Kier molecular flexibility index (Phi) is 6.31. The van der Waals surface area contributed by atoms with E-state index in [-0.39, 0.29) is 48.1 Å². The number of benzene rings is 1. The van der Waals surface area contributed by atoms with E-state index in [1.807, 2.05) is 0 Å². The van der Waals surface area contributed by atoms with E-state index in [0.717, 1.165) is 0 Å². The maximum atomic E-state index is 14.3. The van der Waals surface area contributed by atoms with Gasteiger partial charge in [-0.15, -0.1) is 10.2 Å². The molecule has 0 unspecified atom stereocenters. The molecule has 0 aliphatic carbocycles. The molecule has 2 N–H and O–H groups in total. The highest BCUT2D eigenvalue weighted by atomic mass is 19.4. The first kappa shape index (κ1) is 24.7. The molecule has 1 saturated heterocycles. The van der Waals surface area contributed by atoms with Crippen molar-refractivity contribution >= 4 is 22.6 Å². The van der Waals surface area contributed by atoms with Gasteiger partial charge >= 0.3 is 12.3 Å². The minimum atomic E-state index is -4.87. The number of carbonyl (C=O) groups is 1. The van der Waals surface area contributed by atoms with Crippen LogP contribution in [0.25, 0.3) is 28.1 Å². The molecular formula is C24H22F4N6O3. The van der Waals surface area contributed by atoms with Gasteiger partial charge in [-0.05, 0) is 38.1 Å². The minimum absolute atomic E-state index is 0.0243. The van der Waals surface area contributed by atoms with Gasteiger partial charge in [-0.3, -0.25) is 9.30 Å². The van der Waals surface area contributed by atoms with Crippen molar-refractivity contribution in [3.05, 3.63) is 54.0 Å². The van der Waals surface area contributed by atoms with Crippen molar-refractivity contribution in [2.45, 2.75) is 31.6 Å². The standard InChI is InChI=1S/C24H22F4N6O3/c1-2-37-19-10-18-13(9-16(19)25)3-5-17(30-18)22-32-31-20-6-4-14(12-33(20)22)21(24(26,27)28)34(23(35)36)15-7-8-29-11-15/h3-6,9-10,12,15,21,29H,2,7-8,11H2,1H3,(H,35,36)/t15-,21+/m0/s1. The van der Waals surface area contributed by atoms with Crippen LogP contribution in [0.3, 0.4) is 0 Å². The second kappa shape index (κ2) is 9.47. The largest absolute Gasteiger partial charge is 0.491 e. The van der Waals surface area contributed by atoms with E-state index < -0.39 is 30.2 Å². The summed E-state index contributed by atoms with van der Waals surface area (Å²) >= 11 is 0. The van der Waals surface area contributed by atoms with E-state index >= 15 is 0 Å². The van der Waals surface area contributed by atoms with Crippen molar-refractivity contribution in [2.24, 2.45) is 0 Å². The SMILES string of the molecule is CCOc1cc2nc(-c3nnc4ccc([C@@H](N(C(=O)O)[C@H]5CCNC5)C(F)(F)F)cn34)ccc2cc1F. The van der Waals surface area contributed by atoms with Crippen LogP contribution < -0.4 is 10.1 Å². The summed E-state index contributed by atoms with van der Waals surface area (Å²) in [5.74, 6) is -0.373. The lowest BCUT2D eigenvalue weighted by Gasteiger charge is -2.35. The second-order valence-electron chi connectivity index (χ2n) is 8.60. The Morgan fingerprint density at radius 2 is 2.08 bits per heavy atom. The van der Waals surface area contributed by atoms with Crippen molar-refractivity contribution in [2.75, 3.05) is 19.7 Å². The molecule has 1 aliphatic heterocycles. The van der Waals surface area contributed by atoms with Crippen molar-refractivity contribution in [3.8, 4) is 17.3 Å². The quantitative estimate of drug-likeness (QED) is 0.364. The average Bonchev–Trinajstić information content (AvgIpc) is 3.51. The van der Waals surface area contributed by atoms with Gasteiger partial charge in [0.25, 0.3) is 0 Å². The summed E-state index contributed by atoms with van der Waals surface area (Å²) in [6, 6.07) is 5.21. The van der Waals surface area contributed by atoms with E-state index in [2.05, 4.69) is 20.5 Å². The number of hydrogen-bond acceptors (Lipinski definition) is 6. The highest BCUT2D eigenvalue weighted by molar-refractivity contribution is 5.82. The molecule has 1 fully saturated rings. The molecule has 1 aromatic carbocycles. The van der Waals surface area contributed by atoms with Crippen LogP contribution in [0.4, 0.5) is 22.4 Å². The van der Waals surface area contributed by atoms with Gasteiger partial charge < -0.3 is 15.2 Å². The maximum Gasteiger partial charge on any atom is 0.413 e. The zero-order chi connectivity index (χ0) is 26.3. The number of amides is 1. The van der Waals surface area contributed by atoms with E-state index in [1.54, 1.807) is 19.1 Å². The number of carboxylic acid groups (broad SMARTS) is 1. The lowest BCUT2D eigenvalue weighted by Crippen LogP contribution is -2.48. The number of aromatic nitrogens is 4. The molecule has 0 spiro atoms. The number of nitrogens with zero attached hydrogens (tertiary/aromatic N) is 5. The predicted molar refractivity (Wildman–Crippen MR) is 125 cm³/mol. The molecule has 0 saturated carbocycles. The lowest BCUT2D eigenvalue weighted by atomic mass is 10.0. The van der Waals surface area contributed by atoms with Gasteiger partial charge in [0.2, 0.25) is 0 Å². The summed E-state index contributed by atoms with van der Waals surface area (Å²) < 4.78 is 63.8. The van der Waals surface area contributed by atoms with Gasteiger partial charge in [0.1, 0.15) is 5.69 Å². The topological polar surface area (TPSA) is 105 Å². The van der Waals surface area contributed by atoms with E-state index in [4.69, 9.17) is 4.74 Å². The Hall–Kier alpha value is -4.00. The van der Waals surface area contributed by atoms with E-state index in [1.165, 1.54) is 34.9 Å². The van der Waals surface area contributed by atoms with Crippen LogP contribution in [0, 0.1) is 5.82 Å². The highest BCUT2D eigenvalue weighted by Crippen LogP contribution is 2.40. The summed E-state index contributed by atoms with van der Waals surface area (Å²) in [6.07, 6.45) is -5.08. The van der Waals surface area contributed by atoms with Crippen molar-refractivity contribution in [3.63, 3.8) is 0 Å². The molecule has 4 heterocycles. The van der Waals surface area contributed by atoms with Crippen LogP contribution in [-0.4, -0.2) is 67.6 Å². The Labute approximate surface area is 207 Å². The molecule has 3 aromatic heterocycles. The molecule has 13 heteroatoms. The van der Waals surface area contributed by atoms with Crippen LogP contribution in [-0.2, 0) is 0 Å². The minimum Gasteiger partial charge on any atom is -0.491 e. The van der Waals surface area contributed by atoms with Gasteiger partial charge in [-0.2, -0.15) is 13.2 Å². The molecule has 4 aromatic rings. The van der Waals surface area contributed by atoms with Gasteiger partial charge in [0, 0.05) is 35.8 Å². The average molecular weight is 518 g/mol. The van der Waals surface area contributed by atoms with Crippen LogP contribution >= 0.6 is 0 Å². The fourth-order valence-corrected chi connectivity index (χ4v) is 4.62. The Morgan fingerprint density at radius 3 is 2.76 bits per heavy atom. The molecule has 0 radical (unpaired) electrons. The fraction of sp³-hybridized carbons (Fsp3) is 0.333. The summed E-state index contributed by atoms with van der Waals surface area (Å²) in [7, 11) is 0. The number of ether oxygens (including phenoxy) is 1. The molecule has 37 heavy (non-hydrogen) atoms. The molecular weight excluding hydrogens is 496 g/mol.